The highest BCUT2D eigenvalue weighted by molar-refractivity contribution is 5.77. The Bertz CT molecular complexity index is 300. The summed E-state index contributed by atoms with van der Waals surface area (Å²) in [5.74, 6) is 0.282. The number of nitrogens with zero attached hydrogens (tertiary/aromatic N) is 1. The van der Waals surface area contributed by atoms with Gasteiger partial charge >= 0.3 is 0 Å². The molecule has 0 aromatic rings. The first kappa shape index (κ1) is 12.4. The number of rotatable bonds is 3. The Labute approximate surface area is 108 Å². The Morgan fingerprint density at radius 3 is 2.56 bits per heavy atom. The van der Waals surface area contributed by atoms with Gasteiger partial charge in [-0.15, -0.1) is 0 Å². The molecule has 3 rings (SSSR count). The van der Waals surface area contributed by atoms with Crippen molar-refractivity contribution in [3.8, 4) is 0 Å². The first-order chi connectivity index (χ1) is 8.74. The maximum absolute atomic E-state index is 12.3. The standard InChI is InChI=1S/C14H23NO3/c16-12-8-10-3-4-11(9-12)15(10)14(17)6-5-13-2-1-7-18-13/h10-13,16H,1-9H2. The fourth-order valence-electron chi connectivity index (χ4n) is 3.84. The quantitative estimate of drug-likeness (QED) is 0.828. The minimum Gasteiger partial charge on any atom is -0.393 e. The minimum atomic E-state index is -0.190. The molecule has 1 amide bonds. The Kier molecular flexibility index (Phi) is 3.57. The summed E-state index contributed by atoms with van der Waals surface area (Å²) in [5, 5.41) is 9.73. The zero-order valence-electron chi connectivity index (χ0n) is 10.9. The molecule has 1 N–H and O–H groups in total. The summed E-state index contributed by atoms with van der Waals surface area (Å²) in [5.41, 5.74) is 0. The minimum absolute atomic E-state index is 0.190. The van der Waals surface area contributed by atoms with Crippen molar-refractivity contribution < 1.29 is 14.6 Å². The number of piperidine rings is 1. The van der Waals surface area contributed by atoms with Crippen molar-refractivity contribution in [1.82, 2.24) is 4.90 Å². The van der Waals surface area contributed by atoms with Gasteiger partial charge in [-0.3, -0.25) is 4.79 Å². The summed E-state index contributed by atoms with van der Waals surface area (Å²) in [4.78, 5) is 14.4. The number of aliphatic hydroxyl groups excluding tert-OH is 1. The largest absolute Gasteiger partial charge is 0.393 e. The van der Waals surface area contributed by atoms with Crippen LogP contribution in [0.15, 0.2) is 0 Å². The molecule has 102 valence electrons. The second kappa shape index (κ2) is 5.17. The van der Waals surface area contributed by atoms with E-state index in [-0.39, 0.29) is 12.0 Å². The molecule has 4 nitrogen and oxygen atoms in total. The van der Waals surface area contributed by atoms with Gasteiger partial charge in [0.15, 0.2) is 0 Å². The van der Waals surface area contributed by atoms with Crippen molar-refractivity contribution >= 4 is 5.91 Å². The van der Waals surface area contributed by atoms with Crippen LogP contribution in [0.4, 0.5) is 0 Å². The Balaban J connectivity index is 1.53. The monoisotopic (exact) mass is 253 g/mol. The molecule has 0 saturated carbocycles. The fraction of sp³-hybridized carbons (Fsp3) is 0.929. The highest BCUT2D eigenvalue weighted by Crippen LogP contribution is 2.36. The van der Waals surface area contributed by atoms with E-state index < -0.39 is 0 Å². The molecule has 3 atom stereocenters. The molecule has 0 aromatic carbocycles. The van der Waals surface area contributed by atoms with E-state index in [1.165, 1.54) is 0 Å². The van der Waals surface area contributed by atoms with Crippen LogP contribution >= 0.6 is 0 Å². The van der Waals surface area contributed by atoms with Crippen LogP contribution < -0.4 is 0 Å². The molecule has 3 saturated heterocycles. The smallest absolute Gasteiger partial charge is 0.223 e. The molecule has 0 aliphatic carbocycles. The SMILES string of the molecule is O=C(CCC1CCCO1)N1C2CCC1CC(O)C2. The van der Waals surface area contributed by atoms with Crippen molar-refractivity contribution in [1.29, 1.82) is 0 Å². The van der Waals surface area contributed by atoms with Gasteiger partial charge in [-0.25, -0.2) is 0 Å². The lowest BCUT2D eigenvalue weighted by Crippen LogP contribution is -2.48. The molecule has 3 fully saturated rings. The van der Waals surface area contributed by atoms with Crippen LogP contribution in [0.2, 0.25) is 0 Å². The molecule has 3 aliphatic heterocycles. The van der Waals surface area contributed by atoms with Crippen molar-refractivity contribution in [3.05, 3.63) is 0 Å². The van der Waals surface area contributed by atoms with Crippen LogP contribution in [0.1, 0.15) is 51.4 Å². The van der Waals surface area contributed by atoms with Gasteiger partial charge < -0.3 is 14.7 Å². The molecule has 18 heavy (non-hydrogen) atoms. The van der Waals surface area contributed by atoms with Crippen LogP contribution in [0, 0.1) is 0 Å². The molecule has 3 aliphatic rings. The summed E-state index contributed by atoms with van der Waals surface area (Å²) < 4.78 is 5.57. The van der Waals surface area contributed by atoms with E-state index in [4.69, 9.17) is 4.74 Å². The third-order valence-electron chi connectivity index (χ3n) is 4.70. The number of hydrogen-bond acceptors (Lipinski definition) is 3. The zero-order valence-corrected chi connectivity index (χ0v) is 10.9. The number of aliphatic hydroxyl groups is 1. The Morgan fingerprint density at radius 1 is 1.22 bits per heavy atom. The Morgan fingerprint density at radius 2 is 1.94 bits per heavy atom. The first-order valence-corrected chi connectivity index (χ1v) is 7.35. The van der Waals surface area contributed by atoms with Gasteiger partial charge in [-0.2, -0.15) is 0 Å². The highest BCUT2D eigenvalue weighted by atomic mass is 16.5. The van der Waals surface area contributed by atoms with E-state index in [1.54, 1.807) is 0 Å². The molecule has 0 aromatic heterocycles. The van der Waals surface area contributed by atoms with Crippen molar-refractivity contribution in [2.45, 2.75) is 75.7 Å². The van der Waals surface area contributed by atoms with Crippen LogP contribution in [0.5, 0.6) is 0 Å². The van der Waals surface area contributed by atoms with Gasteiger partial charge in [0.25, 0.3) is 0 Å². The maximum Gasteiger partial charge on any atom is 0.223 e. The average Bonchev–Trinajstić information content (AvgIpc) is 2.94. The second-order valence-corrected chi connectivity index (χ2v) is 5.98. The molecule has 0 radical (unpaired) electrons. The molecule has 3 heterocycles. The van der Waals surface area contributed by atoms with E-state index in [9.17, 15) is 9.90 Å². The highest BCUT2D eigenvalue weighted by Gasteiger charge is 2.42. The van der Waals surface area contributed by atoms with E-state index in [2.05, 4.69) is 4.90 Å². The lowest BCUT2D eigenvalue weighted by molar-refractivity contribution is -0.138. The summed E-state index contributed by atoms with van der Waals surface area (Å²) in [6.07, 6.45) is 7.57. The molecular formula is C14H23NO3. The van der Waals surface area contributed by atoms with Crippen LogP contribution in [-0.2, 0) is 9.53 Å². The number of fused-ring (bicyclic) bond motifs is 2. The van der Waals surface area contributed by atoms with Gasteiger partial charge in [0.1, 0.15) is 0 Å². The topological polar surface area (TPSA) is 49.8 Å². The predicted octanol–water partition coefficient (Wildman–Crippen LogP) is 1.46. The van der Waals surface area contributed by atoms with Crippen molar-refractivity contribution in [2.75, 3.05) is 6.61 Å². The third-order valence-corrected chi connectivity index (χ3v) is 4.70. The average molecular weight is 253 g/mol. The van der Waals surface area contributed by atoms with Gasteiger partial charge in [0, 0.05) is 25.1 Å². The normalized spacial score (nSPS) is 39.3. The predicted molar refractivity (Wildman–Crippen MR) is 67.1 cm³/mol. The van der Waals surface area contributed by atoms with Crippen molar-refractivity contribution in [3.63, 3.8) is 0 Å². The first-order valence-electron chi connectivity index (χ1n) is 7.35. The van der Waals surface area contributed by atoms with E-state index >= 15 is 0 Å². The number of amides is 1. The van der Waals surface area contributed by atoms with Gasteiger partial charge in [-0.05, 0) is 44.9 Å². The number of carbonyl (C=O) groups excluding carboxylic acids is 1. The number of ether oxygens (including phenoxy) is 1. The summed E-state index contributed by atoms with van der Waals surface area (Å²) in [7, 11) is 0. The van der Waals surface area contributed by atoms with Crippen LogP contribution in [0.25, 0.3) is 0 Å². The number of hydrogen-bond donors (Lipinski definition) is 1. The van der Waals surface area contributed by atoms with E-state index in [0.29, 0.717) is 24.6 Å². The summed E-state index contributed by atoms with van der Waals surface area (Å²) >= 11 is 0. The molecule has 4 heteroatoms. The fourth-order valence-corrected chi connectivity index (χ4v) is 3.84. The molecule has 2 bridgehead atoms. The van der Waals surface area contributed by atoms with Gasteiger partial charge in [0.2, 0.25) is 5.91 Å². The molecule has 0 spiro atoms. The van der Waals surface area contributed by atoms with Crippen LogP contribution in [-0.4, -0.2) is 46.8 Å². The van der Waals surface area contributed by atoms with Crippen LogP contribution in [0.3, 0.4) is 0 Å². The zero-order chi connectivity index (χ0) is 12.5. The van der Waals surface area contributed by atoms with E-state index in [1.807, 2.05) is 0 Å². The second-order valence-electron chi connectivity index (χ2n) is 5.98. The number of carbonyl (C=O) groups is 1. The summed E-state index contributed by atoms with van der Waals surface area (Å²) in [6, 6.07) is 0.603. The molecule has 3 unspecified atom stereocenters. The molecular weight excluding hydrogens is 230 g/mol. The van der Waals surface area contributed by atoms with Gasteiger partial charge in [-0.1, -0.05) is 0 Å². The third kappa shape index (κ3) is 2.41. The summed E-state index contributed by atoms with van der Waals surface area (Å²) in [6.45, 7) is 0.861. The lowest BCUT2D eigenvalue weighted by atomic mass is 9.99. The Hall–Kier alpha value is -0.610. The lowest BCUT2D eigenvalue weighted by Gasteiger charge is -2.37. The van der Waals surface area contributed by atoms with Gasteiger partial charge in [0.05, 0.1) is 12.2 Å². The maximum atomic E-state index is 12.3. The van der Waals surface area contributed by atoms with Crippen molar-refractivity contribution in [2.24, 2.45) is 0 Å². The van der Waals surface area contributed by atoms with E-state index in [0.717, 1.165) is 51.6 Å².